The van der Waals surface area contributed by atoms with Crippen molar-refractivity contribution in [3.8, 4) is 0 Å². The molecule has 3 nitrogen and oxygen atoms in total. The van der Waals surface area contributed by atoms with Crippen LogP contribution < -0.4 is 0 Å². The number of carbonyl (C=O) groups excluding carboxylic acids is 1. The second-order valence-electron chi connectivity index (χ2n) is 3.59. The van der Waals surface area contributed by atoms with E-state index in [1.165, 1.54) is 0 Å². The van der Waals surface area contributed by atoms with E-state index in [9.17, 15) is 4.79 Å². The molecule has 1 heterocycles. The molecular formula is C10H18N2O. The molecule has 0 N–H and O–H groups in total. The van der Waals surface area contributed by atoms with E-state index in [0.29, 0.717) is 6.42 Å². The van der Waals surface area contributed by atoms with Gasteiger partial charge >= 0.3 is 0 Å². The largest absolute Gasteiger partial charge is 0.273 e. The third kappa shape index (κ3) is 2.29. The highest BCUT2D eigenvalue weighted by Crippen LogP contribution is 2.16. The van der Waals surface area contributed by atoms with Crippen LogP contribution in [0, 0.1) is 0 Å². The lowest BCUT2D eigenvalue weighted by molar-refractivity contribution is -0.130. The van der Waals surface area contributed by atoms with Gasteiger partial charge in [0, 0.05) is 5.71 Å². The Labute approximate surface area is 79.8 Å². The van der Waals surface area contributed by atoms with Gasteiger partial charge < -0.3 is 0 Å². The summed E-state index contributed by atoms with van der Waals surface area (Å²) in [4.78, 5) is 11.5. The van der Waals surface area contributed by atoms with E-state index in [4.69, 9.17) is 0 Å². The quantitative estimate of drug-likeness (QED) is 0.655. The fourth-order valence-corrected chi connectivity index (χ4v) is 1.44. The van der Waals surface area contributed by atoms with Gasteiger partial charge in [-0.1, -0.05) is 20.3 Å². The predicted molar refractivity (Wildman–Crippen MR) is 53.6 cm³/mol. The monoisotopic (exact) mass is 182 g/mol. The molecule has 0 bridgehead atoms. The molecule has 1 amide bonds. The fourth-order valence-electron chi connectivity index (χ4n) is 1.44. The summed E-state index contributed by atoms with van der Waals surface area (Å²) < 4.78 is 0. The first-order valence-electron chi connectivity index (χ1n) is 5.07. The smallest absolute Gasteiger partial charge is 0.248 e. The Kier molecular flexibility index (Phi) is 3.46. The van der Waals surface area contributed by atoms with Gasteiger partial charge in [0.25, 0.3) is 0 Å². The van der Waals surface area contributed by atoms with Crippen molar-refractivity contribution in [2.24, 2.45) is 5.10 Å². The zero-order valence-electron chi connectivity index (χ0n) is 8.71. The first-order chi connectivity index (χ1) is 6.19. The van der Waals surface area contributed by atoms with Gasteiger partial charge in [-0.15, -0.1) is 0 Å². The Morgan fingerprint density at radius 3 is 2.77 bits per heavy atom. The molecule has 74 valence electrons. The van der Waals surface area contributed by atoms with Gasteiger partial charge in [0.05, 0.1) is 12.5 Å². The maximum Gasteiger partial charge on any atom is 0.248 e. The second-order valence-corrected chi connectivity index (χ2v) is 3.59. The van der Waals surface area contributed by atoms with E-state index in [1.54, 1.807) is 5.01 Å². The Morgan fingerprint density at radius 1 is 1.54 bits per heavy atom. The number of hydrogen-bond acceptors (Lipinski definition) is 2. The van der Waals surface area contributed by atoms with Gasteiger partial charge in [0.2, 0.25) is 5.91 Å². The van der Waals surface area contributed by atoms with Crippen molar-refractivity contribution in [2.75, 3.05) is 0 Å². The van der Waals surface area contributed by atoms with Crippen molar-refractivity contribution in [3.63, 3.8) is 0 Å². The van der Waals surface area contributed by atoms with Crippen LogP contribution in [-0.4, -0.2) is 22.7 Å². The maximum atomic E-state index is 11.5. The summed E-state index contributed by atoms with van der Waals surface area (Å²) in [6.07, 6.45) is 3.53. The third-order valence-electron chi connectivity index (χ3n) is 2.41. The lowest BCUT2D eigenvalue weighted by atomic mass is 10.1. The standard InChI is InChI=1S/C10H18N2O/c1-4-6-9-7-10(13)12(11-9)8(3)5-2/h8H,4-7H2,1-3H3. The highest BCUT2D eigenvalue weighted by Gasteiger charge is 2.25. The van der Waals surface area contributed by atoms with Crippen LogP contribution in [0.5, 0.6) is 0 Å². The van der Waals surface area contributed by atoms with Crippen LogP contribution in [-0.2, 0) is 4.79 Å². The van der Waals surface area contributed by atoms with E-state index in [1.807, 2.05) is 6.92 Å². The summed E-state index contributed by atoms with van der Waals surface area (Å²) in [6.45, 7) is 6.22. The molecular weight excluding hydrogens is 164 g/mol. The van der Waals surface area contributed by atoms with E-state index in [2.05, 4.69) is 18.9 Å². The fraction of sp³-hybridized carbons (Fsp3) is 0.800. The third-order valence-corrected chi connectivity index (χ3v) is 2.41. The zero-order chi connectivity index (χ0) is 9.84. The number of amides is 1. The van der Waals surface area contributed by atoms with Crippen LogP contribution in [0.3, 0.4) is 0 Å². The molecule has 1 rings (SSSR count). The van der Waals surface area contributed by atoms with Crippen LogP contribution in [0.2, 0.25) is 0 Å². The van der Waals surface area contributed by atoms with Crippen molar-refractivity contribution >= 4 is 11.6 Å². The van der Waals surface area contributed by atoms with Gasteiger partial charge in [-0.05, 0) is 19.8 Å². The number of hydrazone groups is 1. The molecule has 0 aliphatic carbocycles. The molecule has 0 radical (unpaired) electrons. The summed E-state index contributed by atoms with van der Waals surface area (Å²) in [5, 5.41) is 5.97. The molecule has 3 heteroatoms. The van der Waals surface area contributed by atoms with Crippen molar-refractivity contribution in [1.82, 2.24) is 5.01 Å². The SMILES string of the molecule is CCCC1=NN(C(C)CC)C(=O)C1. The topological polar surface area (TPSA) is 32.7 Å². The number of carbonyl (C=O) groups is 1. The van der Waals surface area contributed by atoms with Crippen LogP contribution in [0.1, 0.15) is 46.5 Å². The van der Waals surface area contributed by atoms with Crippen molar-refractivity contribution in [1.29, 1.82) is 0 Å². The minimum atomic E-state index is 0.165. The minimum absolute atomic E-state index is 0.165. The molecule has 13 heavy (non-hydrogen) atoms. The molecule has 0 spiro atoms. The van der Waals surface area contributed by atoms with Crippen LogP contribution in [0.4, 0.5) is 0 Å². The first kappa shape index (κ1) is 10.2. The predicted octanol–water partition coefficient (Wildman–Crippen LogP) is 2.17. The average molecular weight is 182 g/mol. The summed E-state index contributed by atoms with van der Waals surface area (Å²) >= 11 is 0. The van der Waals surface area contributed by atoms with Gasteiger partial charge in [-0.3, -0.25) is 4.79 Å². The van der Waals surface area contributed by atoms with Crippen LogP contribution >= 0.6 is 0 Å². The molecule has 0 aromatic carbocycles. The Bertz CT molecular complexity index is 223. The summed E-state index contributed by atoms with van der Waals surface area (Å²) in [6, 6.07) is 0.252. The lowest BCUT2D eigenvalue weighted by Crippen LogP contribution is -2.29. The highest BCUT2D eigenvalue weighted by atomic mass is 16.2. The normalized spacial score (nSPS) is 19.2. The molecule has 0 saturated carbocycles. The number of rotatable bonds is 4. The molecule has 1 unspecified atom stereocenters. The van der Waals surface area contributed by atoms with Gasteiger partial charge in [0.15, 0.2) is 0 Å². The number of nitrogens with zero attached hydrogens (tertiary/aromatic N) is 2. The minimum Gasteiger partial charge on any atom is -0.273 e. The van der Waals surface area contributed by atoms with E-state index in [0.717, 1.165) is 25.0 Å². The number of hydrogen-bond donors (Lipinski definition) is 0. The average Bonchev–Trinajstić information content (AvgIpc) is 2.46. The van der Waals surface area contributed by atoms with Crippen LogP contribution in [0.25, 0.3) is 0 Å². The summed E-state index contributed by atoms with van der Waals surface area (Å²) in [5.41, 5.74) is 1.05. The molecule has 1 atom stereocenters. The first-order valence-corrected chi connectivity index (χ1v) is 5.07. The summed E-state index contributed by atoms with van der Waals surface area (Å²) in [5.74, 6) is 0.165. The van der Waals surface area contributed by atoms with Crippen molar-refractivity contribution < 1.29 is 4.79 Å². The van der Waals surface area contributed by atoms with E-state index < -0.39 is 0 Å². The van der Waals surface area contributed by atoms with E-state index >= 15 is 0 Å². The van der Waals surface area contributed by atoms with Gasteiger partial charge in [-0.25, -0.2) is 5.01 Å². The molecule has 0 aromatic heterocycles. The van der Waals surface area contributed by atoms with Gasteiger partial charge in [0.1, 0.15) is 0 Å². The van der Waals surface area contributed by atoms with Crippen molar-refractivity contribution in [2.45, 2.75) is 52.5 Å². The Morgan fingerprint density at radius 2 is 2.23 bits per heavy atom. The molecule has 1 aliphatic heterocycles. The van der Waals surface area contributed by atoms with E-state index in [-0.39, 0.29) is 11.9 Å². The second kappa shape index (κ2) is 4.40. The maximum absolute atomic E-state index is 11.5. The molecule has 0 aromatic rings. The van der Waals surface area contributed by atoms with Gasteiger partial charge in [-0.2, -0.15) is 5.10 Å². The summed E-state index contributed by atoms with van der Waals surface area (Å²) in [7, 11) is 0. The Balaban J connectivity index is 2.60. The zero-order valence-corrected chi connectivity index (χ0v) is 8.71. The van der Waals surface area contributed by atoms with Crippen molar-refractivity contribution in [3.05, 3.63) is 0 Å². The molecule has 0 fully saturated rings. The molecule has 0 saturated heterocycles. The molecule has 1 aliphatic rings. The highest BCUT2D eigenvalue weighted by molar-refractivity contribution is 6.04. The lowest BCUT2D eigenvalue weighted by Gasteiger charge is -2.18. The Hall–Kier alpha value is -0.860. The van der Waals surface area contributed by atoms with Crippen LogP contribution in [0.15, 0.2) is 5.10 Å².